The molecule has 0 aliphatic rings. The predicted octanol–water partition coefficient (Wildman–Crippen LogP) is 4.62. The maximum absolute atomic E-state index is 11.6. The Hall–Kier alpha value is -0.260. The van der Waals surface area contributed by atoms with E-state index in [2.05, 4.69) is 47.6 Å². The van der Waals surface area contributed by atoms with Crippen LogP contribution in [0, 0.1) is 0 Å². The topological polar surface area (TPSA) is 17.1 Å². The lowest BCUT2D eigenvalue weighted by atomic mass is 9.81. The molecule has 1 nitrogen and oxygen atoms in total. The molecule has 0 spiro atoms. The van der Waals surface area contributed by atoms with Crippen molar-refractivity contribution in [3.63, 3.8) is 0 Å². The summed E-state index contributed by atoms with van der Waals surface area (Å²) in [6.07, 6.45) is 0. The molecule has 0 saturated heterocycles. The van der Waals surface area contributed by atoms with Crippen LogP contribution < -0.4 is 5.30 Å². The van der Waals surface area contributed by atoms with Crippen molar-refractivity contribution in [3.8, 4) is 0 Å². The zero-order valence-corrected chi connectivity index (χ0v) is 13.3. The van der Waals surface area contributed by atoms with Crippen molar-refractivity contribution in [1.82, 2.24) is 0 Å². The van der Waals surface area contributed by atoms with Gasteiger partial charge in [0.2, 0.25) is 0 Å². The number of hydrogen-bond donors (Lipinski definition) is 0. The van der Waals surface area contributed by atoms with Crippen molar-refractivity contribution >= 4 is 23.7 Å². The number of rotatable bonds is 1. The molecule has 1 aromatic carbocycles. The van der Waals surface area contributed by atoms with Crippen LogP contribution in [0.3, 0.4) is 0 Å². The van der Waals surface area contributed by atoms with E-state index in [1.54, 1.807) is 0 Å². The minimum atomic E-state index is -2.16. The normalized spacial score (nSPS) is 14.8. The summed E-state index contributed by atoms with van der Waals surface area (Å²) in [6, 6.07) is 6.12. The largest absolute Gasteiger partial charge is 0.305 e. The van der Waals surface area contributed by atoms with E-state index in [0.717, 1.165) is 10.9 Å². The van der Waals surface area contributed by atoms with Crippen LogP contribution >= 0.6 is 18.4 Å². The number of halogens is 1. The average Bonchev–Trinajstić information content (AvgIpc) is 2.14. The molecular formula is C14H22ClOP. The summed E-state index contributed by atoms with van der Waals surface area (Å²) in [5.74, 6) is 0. The highest BCUT2D eigenvalue weighted by molar-refractivity contribution is 7.80. The molecule has 0 saturated carbocycles. The Morgan fingerprint density at radius 2 is 1.53 bits per heavy atom. The van der Waals surface area contributed by atoms with E-state index in [1.807, 2.05) is 12.1 Å². The van der Waals surface area contributed by atoms with Crippen molar-refractivity contribution in [3.05, 3.63) is 29.3 Å². The van der Waals surface area contributed by atoms with Gasteiger partial charge >= 0.3 is 0 Å². The van der Waals surface area contributed by atoms with E-state index in [9.17, 15) is 4.57 Å². The smallest absolute Gasteiger partial charge is 0.186 e. The van der Waals surface area contributed by atoms with Gasteiger partial charge < -0.3 is 4.57 Å². The molecule has 17 heavy (non-hydrogen) atoms. The number of benzene rings is 1. The van der Waals surface area contributed by atoms with Crippen molar-refractivity contribution in [2.24, 2.45) is 0 Å². The second-order valence-electron chi connectivity index (χ2n) is 6.53. The Labute approximate surface area is 110 Å². The molecule has 0 aliphatic heterocycles. The van der Waals surface area contributed by atoms with E-state index in [0.29, 0.717) is 0 Å². The van der Waals surface area contributed by atoms with Crippen molar-refractivity contribution in [1.29, 1.82) is 0 Å². The summed E-state index contributed by atoms with van der Waals surface area (Å²) in [7, 11) is -2.16. The zero-order valence-electron chi connectivity index (χ0n) is 11.5. The Balaban J connectivity index is 3.46. The minimum absolute atomic E-state index is 0.0359. The first-order chi connectivity index (χ1) is 7.53. The zero-order chi connectivity index (χ0) is 13.4. The van der Waals surface area contributed by atoms with Gasteiger partial charge in [0.05, 0.1) is 0 Å². The van der Waals surface area contributed by atoms with E-state index in [1.165, 1.54) is 5.56 Å². The van der Waals surface area contributed by atoms with E-state index in [-0.39, 0.29) is 10.8 Å². The van der Waals surface area contributed by atoms with E-state index >= 15 is 0 Å². The fraction of sp³-hybridized carbons (Fsp3) is 0.571. The summed E-state index contributed by atoms with van der Waals surface area (Å²) in [5, 5.41) is 0.803. The predicted molar refractivity (Wildman–Crippen MR) is 78.3 cm³/mol. The van der Waals surface area contributed by atoms with Crippen LogP contribution in [-0.4, -0.2) is 0 Å². The van der Waals surface area contributed by atoms with Crippen LogP contribution in [0.5, 0.6) is 0 Å². The first-order valence-electron chi connectivity index (χ1n) is 5.88. The maximum Gasteiger partial charge on any atom is 0.186 e. The second kappa shape index (κ2) is 4.78. The Morgan fingerprint density at radius 1 is 1.00 bits per heavy atom. The Kier molecular flexibility index (Phi) is 4.16. The van der Waals surface area contributed by atoms with Gasteiger partial charge in [0.1, 0.15) is 0 Å². The molecule has 0 N–H and O–H groups in total. The molecule has 1 rings (SSSR count). The number of hydrogen-bond acceptors (Lipinski definition) is 1. The third-order valence-electron chi connectivity index (χ3n) is 2.91. The van der Waals surface area contributed by atoms with Crippen molar-refractivity contribution < 1.29 is 4.57 Å². The molecular weight excluding hydrogens is 251 g/mol. The minimum Gasteiger partial charge on any atom is -0.305 e. The van der Waals surface area contributed by atoms with E-state index in [4.69, 9.17) is 11.2 Å². The molecule has 1 atom stereocenters. The molecule has 0 amide bonds. The van der Waals surface area contributed by atoms with Gasteiger partial charge in [0.25, 0.3) is 0 Å². The van der Waals surface area contributed by atoms with Crippen molar-refractivity contribution in [2.75, 3.05) is 0 Å². The summed E-state index contributed by atoms with van der Waals surface area (Å²) in [5.41, 5.74) is 2.42. The van der Waals surface area contributed by atoms with Crippen LogP contribution in [-0.2, 0) is 15.4 Å². The van der Waals surface area contributed by atoms with Gasteiger partial charge in [-0.15, -0.1) is 0 Å². The maximum atomic E-state index is 11.6. The summed E-state index contributed by atoms with van der Waals surface area (Å²) in [6.45, 7) is 12.9. The van der Waals surface area contributed by atoms with Gasteiger partial charge in [-0.3, -0.25) is 0 Å². The first kappa shape index (κ1) is 14.8. The van der Waals surface area contributed by atoms with Gasteiger partial charge in [-0.25, -0.2) is 0 Å². The van der Waals surface area contributed by atoms with Crippen molar-refractivity contribution in [2.45, 2.75) is 52.4 Å². The van der Waals surface area contributed by atoms with Gasteiger partial charge in [0.15, 0.2) is 7.15 Å². The SMILES string of the molecule is CC(C)(C)c1ccc([PH](=O)Cl)c(C(C)(C)C)c1. The standard InChI is InChI=1S/C14H22ClOP/c1-13(2,3)10-7-8-12(17(15)16)11(9-10)14(4,5)6/h7-9,17H,1-6H3. The molecule has 0 radical (unpaired) electrons. The first-order valence-corrected chi connectivity index (χ1v) is 8.30. The molecule has 0 aromatic heterocycles. The Morgan fingerprint density at radius 3 is 1.88 bits per heavy atom. The third-order valence-corrected chi connectivity index (χ3v) is 4.38. The molecule has 3 heteroatoms. The lowest BCUT2D eigenvalue weighted by molar-refractivity contribution is 0.569. The second-order valence-corrected chi connectivity index (χ2v) is 8.65. The molecule has 1 aromatic rings. The van der Waals surface area contributed by atoms with Crippen LogP contribution in [0.4, 0.5) is 0 Å². The fourth-order valence-corrected chi connectivity index (χ4v) is 3.17. The van der Waals surface area contributed by atoms with E-state index < -0.39 is 7.15 Å². The molecule has 1 unspecified atom stereocenters. The lowest BCUT2D eigenvalue weighted by Gasteiger charge is -2.26. The summed E-state index contributed by atoms with van der Waals surface area (Å²) >= 11 is 5.83. The quantitative estimate of drug-likeness (QED) is 0.682. The molecule has 0 heterocycles. The monoisotopic (exact) mass is 272 g/mol. The van der Waals surface area contributed by atoms with Gasteiger partial charge in [-0.2, -0.15) is 0 Å². The lowest BCUT2D eigenvalue weighted by Crippen LogP contribution is -2.22. The van der Waals surface area contributed by atoms with Gasteiger partial charge in [0, 0.05) is 5.30 Å². The third kappa shape index (κ3) is 3.60. The molecule has 0 bridgehead atoms. The van der Waals surface area contributed by atoms with Gasteiger partial charge in [-0.05, 0) is 28.0 Å². The average molecular weight is 273 g/mol. The molecule has 96 valence electrons. The molecule has 0 fully saturated rings. The summed E-state index contributed by atoms with van der Waals surface area (Å²) < 4.78 is 11.6. The molecule has 0 aliphatic carbocycles. The fourth-order valence-electron chi connectivity index (χ4n) is 1.80. The van der Waals surface area contributed by atoms with Crippen LogP contribution in [0.15, 0.2) is 18.2 Å². The highest BCUT2D eigenvalue weighted by atomic mass is 35.7. The summed E-state index contributed by atoms with van der Waals surface area (Å²) in [4.78, 5) is 0. The highest BCUT2D eigenvalue weighted by Gasteiger charge is 2.23. The highest BCUT2D eigenvalue weighted by Crippen LogP contribution is 2.35. The van der Waals surface area contributed by atoms with Gasteiger partial charge in [-0.1, -0.05) is 64.9 Å². The Bertz CT molecular complexity index is 439. The van der Waals surface area contributed by atoms with Crippen LogP contribution in [0.2, 0.25) is 0 Å². The van der Waals surface area contributed by atoms with Crippen LogP contribution in [0.1, 0.15) is 52.7 Å². The van der Waals surface area contributed by atoms with Crippen LogP contribution in [0.25, 0.3) is 0 Å².